The highest BCUT2D eigenvalue weighted by Crippen LogP contribution is 2.30. The van der Waals surface area contributed by atoms with Crippen LogP contribution < -0.4 is 0 Å². The number of halogens is 1. The summed E-state index contributed by atoms with van der Waals surface area (Å²) in [5.74, 6) is -1.34. The molecule has 0 aliphatic carbocycles. The van der Waals surface area contributed by atoms with Gasteiger partial charge < -0.3 is 5.11 Å². The molecule has 0 atom stereocenters. The van der Waals surface area contributed by atoms with Crippen LogP contribution in [0, 0.1) is 5.82 Å². The lowest BCUT2D eigenvalue weighted by molar-refractivity contribution is 0.0696. The second kappa shape index (κ2) is 4.74. The Hall–Kier alpha value is -2.75. The summed E-state index contributed by atoms with van der Waals surface area (Å²) in [4.78, 5) is 14.9. The smallest absolute Gasteiger partial charge is 0.337 e. The van der Waals surface area contributed by atoms with Crippen LogP contribution in [0.15, 0.2) is 54.9 Å². The van der Waals surface area contributed by atoms with Gasteiger partial charge in [0.25, 0.3) is 0 Å². The van der Waals surface area contributed by atoms with Gasteiger partial charge in [-0.25, -0.2) is 9.18 Å². The van der Waals surface area contributed by atoms with E-state index >= 15 is 0 Å². The number of carbonyl (C=O) groups is 1. The maximum Gasteiger partial charge on any atom is 0.337 e. The van der Waals surface area contributed by atoms with Crippen molar-refractivity contribution in [3.05, 3.63) is 66.2 Å². The van der Waals surface area contributed by atoms with Gasteiger partial charge in [-0.2, -0.15) is 0 Å². The van der Waals surface area contributed by atoms with E-state index in [0.29, 0.717) is 10.9 Å². The van der Waals surface area contributed by atoms with Gasteiger partial charge in [-0.15, -0.1) is 0 Å². The Balaban J connectivity index is 2.27. The predicted octanol–water partition coefficient (Wildman–Crippen LogP) is 3.74. The fraction of sp³-hybridized carbons (Fsp3) is 0. The molecule has 2 aromatic carbocycles. The van der Waals surface area contributed by atoms with Crippen LogP contribution in [-0.2, 0) is 0 Å². The molecule has 0 unspecified atom stereocenters. The minimum atomic E-state index is -1.04. The lowest BCUT2D eigenvalue weighted by Gasteiger charge is -2.08. The zero-order valence-electron chi connectivity index (χ0n) is 10.4. The third-order valence-electron chi connectivity index (χ3n) is 3.17. The molecule has 1 N–H and O–H groups in total. The van der Waals surface area contributed by atoms with E-state index in [0.717, 1.165) is 10.9 Å². The third-order valence-corrected chi connectivity index (χ3v) is 3.17. The number of pyridine rings is 1. The van der Waals surface area contributed by atoms with Gasteiger partial charge in [0.05, 0.1) is 5.56 Å². The molecule has 20 heavy (non-hydrogen) atoms. The van der Waals surface area contributed by atoms with E-state index in [1.54, 1.807) is 30.5 Å². The Morgan fingerprint density at radius 2 is 1.80 bits per heavy atom. The number of benzene rings is 2. The Kier molecular flexibility index (Phi) is 2.91. The van der Waals surface area contributed by atoms with Crippen molar-refractivity contribution in [2.45, 2.75) is 0 Å². The van der Waals surface area contributed by atoms with Gasteiger partial charge in [-0.3, -0.25) is 4.98 Å². The molecule has 1 heterocycles. The Labute approximate surface area is 114 Å². The molecule has 3 aromatic rings. The van der Waals surface area contributed by atoms with E-state index in [1.165, 1.54) is 18.3 Å². The molecular weight excluding hydrogens is 257 g/mol. The quantitative estimate of drug-likeness (QED) is 0.769. The summed E-state index contributed by atoms with van der Waals surface area (Å²) in [6.45, 7) is 0. The van der Waals surface area contributed by atoms with Crippen molar-refractivity contribution >= 4 is 16.7 Å². The molecule has 0 aliphatic heterocycles. The maximum absolute atomic E-state index is 13.8. The zero-order valence-corrected chi connectivity index (χ0v) is 10.4. The fourth-order valence-electron chi connectivity index (χ4n) is 2.22. The number of carboxylic acids is 1. The van der Waals surface area contributed by atoms with Crippen molar-refractivity contribution < 1.29 is 14.3 Å². The average molecular weight is 267 g/mol. The molecule has 4 heteroatoms. The zero-order chi connectivity index (χ0) is 14.1. The van der Waals surface area contributed by atoms with Crippen molar-refractivity contribution in [1.82, 2.24) is 4.98 Å². The molecule has 0 bridgehead atoms. The first-order valence-electron chi connectivity index (χ1n) is 6.03. The summed E-state index contributed by atoms with van der Waals surface area (Å²) in [6, 6.07) is 11.6. The summed E-state index contributed by atoms with van der Waals surface area (Å²) >= 11 is 0. The minimum absolute atomic E-state index is 0.107. The summed E-state index contributed by atoms with van der Waals surface area (Å²) in [7, 11) is 0. The normalized spacial score (nSPS) is 10.7. The van der Waals surface area contributed by atoms with Crippen LogP contribution in [0.25, 0.3) is 21.9 Å². The molecule has 98 valence electrons. The standard InChI is InChI=1S/C16H10FNO2/c17-15-6-5-12(13-3-1-2-4-14(13)15)10-7-11(16(19)20)9-18-8-10/h1-9H,(H,19,20). The van der Waals surface area contributed by atoms with Gasteiger partial charge in [-0.05, 0) is 23.1 Å². The van der Waals surface area contributed by atoms with Crippen LogP contribution in [-0.4, -0.2) is 16.1 Å². The molecule has 0 fully saturated rings. The molecule has 0 amide bonds. The summed E-state index contributed by atoms with van der Waals surface area (Å²) < 4.78 is 13.8. The third kappa shape index (κ3) is 2.01. The first-order valence-corrected chi connectivity index (χ1v) is 6.03. The van der Waals surface area contributed by atoms with Gasteiger partial charge in [0.15, 0.2) is 0 Å². The van der Waals surface area contributed by atoms with Gasteiger partial charge in [0.2, 0.25) is 0 Å². The lowest BCUT2D eigenvalue weighted by atomic mass is 9.98. The first-order chi connectivity index (χ1) is 9.66. The number of aromatic nitrogens is 1. The highest BCUT2D eigenvalue weighted by molar-refractivity contribution is 5.98. The molecule has 1 aromatic heterocycles. The van der Waals surface area contributed by atoms with Crippen LogP contribution in [0.1, 0.15) is 10.4 Å². The average Bonchev–Trinajstić information content (AvgIpc) is 2.48. The Morgan fingerprint density at radius 3 is 2.55 bits per heavy atom. The van der Waals surface area contributed by atoms with Gasteiger partial charge in [0.1, 0.15) is 5.82 Å². The summed E-state index contributed by atoms with van der Waals surface area (Å²) in [6.07, 6.45) is 2.86. The highest BCUT2D eigenvalue weighted by Gasteiger charge is 2.10. The summed E-state index contributed by atoms with van der Waals surface area (Å²) in [5.41, 5.74) is 1.52. The van der Waals surface area contributed by atoms with Gasteiger partial charge in [-0.1, -0.05) is 30.3 Å². The molecular formula is C16H10FNO2. The number of aromatic carboxylic acids is 1. The van der Waals surface area contributed by atoms with E-state index in [-0.39, 0.29) is 11.4 Å². The second-order valence-electron chi connectivity index (χ2n) is 4.41. The van der Waals surface area contributed by atoms with E-state index in [9.17, 15) is 9.18 Å². The van der Waals surface area contributed by atoms with E-state index in [4.69, 9.17) is 5.11 Å². The van der Waals surface area contributed by atoms with Crippen molar-refractivity contribution in [3.63, 3.8) is 0 Å². The molecule has 0 radical (unpaired) electrons. The Bertz CT molecular complexity index is 814. The number of fused-ring (bicyclic) bond motifs is 1. The molecule has 0 aliphatic rings. The van der Waals surface area contributed by atoms with Crippen molar-refractivity contribution in [2.24, 2.45) is 0 Å². The number of carboxylic acid groups (broad SMARTS) is 1. The SMILES string of the molecule is O=C(O)c1cncc(-c2ccc(F)c3ccccc23)c1. The lowest BCUT2D eigenvalue weighted by Crippen LogP contribution is -1.97. The van der Waals surface area contributed by atoms with Gasteiger partial charge in [0, 0.05) is 23.3 Å². The van der Waals surface area contributed by atoms with Gasteiger partial charge >= 0.3 is 5.97 Å². The number of rotatable bonds is 2. The predicted molar refractivity (Wildman–Crippen MR) is 74.1 cm³/mol. The second-order valence-corrected chi connectivity index (χ2v) is 4.41. The fourth-order valence-corrected chi connectivity index (χ4v) is 2.22. The highest BCUT2D eigenvalue weighted by atomic mass is 19.1. The monoisotopic (exact) mass is 267 g/mol. The van der Waals surface area contributed by atoms with Crippen LogP contribution >= 0.6 is 0 Å². The van der Waals surface area contributed by atoms with Crippen LogP contribution in [0.4, 0.5) is 4.39 Å². The molecule has 3 nitrogen and oxygen atoms in total. The van der Waals surface area contributed by atoms with E-state index in [2.05, 4.69) is 4.98 Å². The van der Waals surface area contributed by atoms with E-state index in [1.807, 2.05) is 6.07 Å². The number of hydrogen-bond donors (Lipinski definition) is 1. The topological polar surface area (TPSA) is 50.2 Å². The van der Waals surface area contributed by atoms with Crippen molar-refractivity contribution in [2.75, 3.05) is 0 Å². The van der Waals surface area contributed by atoms with E-state index < -0.39 is 5.97 Å². The molecule has 3 rings (SSSR count). The summed E-state index contributed by atoms with van der Waals surface area (Å²) in [5, 5.41) is 10.3. The Morgan fingerprint density at radius 1 is 1.05 bits per heavy atom. The number of hydrogen-bond acceptors (Lipinski definition) is 2. The maximum atomic E-state index is 13.8. The minimum Gasteiger partial charge on any atom is -0.478 e. The van der Waals surface area contributed by atoms with Crippen LogP contribution in [0.5, 0.6) is 0 Å². The number of nitrogens with zero attached hydrogens (tertiary/aromatic N) is 1. The largest absolute Gasteiger partial charge is 0.478 e. The first kappa shape index (κ1) is 12.3. The van der Waals surface area contributed by atoms with Crippen molar-refractivity contribution in [1.29, 1.82) is 0 Å². The molecule has 0 saturated heterocycles. The molecule has 0 spiro atoms. The van der Waals surface area contributed by atoms with Crippen LogP contribution in [0.2, 0.25) is 0 Å². The van der Waals surface area contributed by atoms with Crippen molar-refractivity contribution in [3.8, 4) is 11.1 Å². The molecule has 0 saturated carbocycles. The van der Waals surface area contributed by atoms with Crippen LogP contribution in [0.3, 0.4) is 0 Å².